The first-order valence-corrected chi connectivity index (χ1v) is 5.90. The number of thiocarbonyl (C=S) groups is 1. The molecule has 1 saturated heterocycles. The zero-order valence-electron chi connectivity index (χ0n) is 9.35. The van der Waals surface area contributed by atoms with Gasteiger partial charge in [0.25, 0.3) is 0 Å². The zero-order valence-corrected chi connectivity index (χ0v) is 10.2. The Labute approximate surface area is 97.0 Å². The molecule has 88 valence electrons. The van der Waals surface area contributed by atoms with E-state index in [0.717, 1.165) is 39.1 Å². The molecule has 5 heteroatoms. The van der Waals surface area contributed by atoms with E-state index in [0.29, 0.717) is 11.0 Å². The maximum Gasteiger partial charge on any atom is 0.0742 e. The molecule has 0 amide bonds. The van der Waals surface area contributed by atoms with Crippen molar-refractivity contribution in [3.05, 3.63) is 0 Å². The van der Waals surface area contributed by atoms with E-state index in [2.05, 4.69) is 16.7 Å². The SMILES string of the molecule is CC(CC(N)=S)N1CCN(CCO)CC1. The van der Waals surface area contributed by atoms with Crippen LogP contribution in [0.2, 0.25) is 0 Å². The van der Waals surface area contributed by atoms with Crippen LogP contribution in [-0.2, 0) is 0 Å². The summed E-state index contributed by atoms with van der Waals surface area (Å²) in [6.07, 6.45) is 0.801. The third-order valence-electron chi connectivity index (χ3n) is 2.94. The molecule has 1 heterocycles. The normalized spacial score (nSPS) is 21.5. The fraction of sp³-hybridized carbons (Fsp3) is 0.900. The van der Waals surface area contributed by atoms with Crippen molar-refractivity contribution in [2.24, 2.45) is 5.73 Å². The Morgan fingerprint density at radius 1 is 1.40 bits per heavy atom. The number of nitrogens with zero attached hydrogens (tertiary/aromatic N) is 2. The Bertz CT molecular complexity index is 205. The fourth-order valence-corrected chi connectivity index (χ4v) is 2.23. The molecule has 0 aromatic rings. The van der Waals surface area contributed by atoms with Gasteiger partial charge in [0.05, 0.1) is 11.6 Å². The van der Waals surface area contributed by atoms with E-state index >= 15 is 0 Å². The molecular weight excluding hydrogens is 210 g/mol. The summed E-state index contributed by atoms with van der Waals surface area (Å²) in [6.45, 7) is 7.36. The average Bonchev–Trinajstić information content (AvgIpc) is 2.18. The lowest BCUT2D eigenvalue weighted by Gasteiger charge is -2.37. The number of rotatable bonds is 5. The van der Waals surface area contributed by atoms with Gasteiger partial charge in [0.15, 0.2) is 0 Å². The van der Waals surface area contributed by atoms with E-state index in [1.807, 2.05) is 0 Å². The monoisotopic (exact) mass is 231 g/mol. The summed E-state index contributed by atoms with van der Waals surface area (Å²) in [5, 5.41) is 8.82. The predicted molar refractivity (Wildman–Crippen MR) is 66.0 cm³/mol. The third-order valence-corrected chi connectivity index (χ3v) is 3.11. The first kappa shape index (κ1) is 12.8. The van der Waals surface area contributed by atoms with Crippen LogP contribution in [0.25, 0.3) is 0 Å². The highest BCUT2D eigenvalue weighted by molar-refractivity contribution is 7.80. The van der Waals surface area contributed by atoms with Crippen molar-refractivity contribution in [3.63, 3.8) is 0 Å². The number of aliphatic hydroxyl groups excluding tert-OH is 1. The molecule has 1 rings (SSSR count). The van der Waals surface area contributed by atoms with Gasteiger partial charge in [0.2, 0.25) is 0 Å². The summed E-state index contributed by atoms with van der Waals surface area (Å²) in [7, 11) is 0. The zero-order chi connectivity index (χ0) is 11.3. The lowest BCUT2D eigenvalue weighted by molar-refractivity contribution is 0.0909. The topological polar surface area (TPSA) is 52.7 Å². The quantitative estimate of drug-likeness (QED) is 0.634. The summed E-state index contributed by atoms with van der Waals surface area (Å²) in [5.41, 5.74) is 5.54. The van der Waals surface area contributed by atoms with Crippen LogP contribution < -0.4 is 5.73 Å². The minimum absolute atomic E-state index is 0.252. The molecule has 0 aromatic heterocycles. The van der Waals surface area contributed by atoms with Gasteiger partial charge >= 0.3 is 0 Å². The first-order chi connectivity index (χ1) is 7.13. The maximum absolute atomic E-state index is 8.82. The third kappa shape index (κ3) is 4.42. The van der Waals surface area contributed by atoms with Crippen molar-refractivity contribution in [2.75, 3.05) is 39.3 Å². The second-order valence-corrected chi connectivity index (χ2v) is 4.65. The lowest BCUT2D eigenvalue weighted by Crippen LogP contribution is -2.50. The Morgan fingerprint density at radius 2 is 2.00 bits per heavy atom. The molecule has 0 bridgehead atoms. The molecule has 0 saturated carbocycles. The highest BCUT2D eigenvalue weighted by Crippen LogP contribution is 2.08. The molecule has 15 heavy (non-hydrogen) atoms. The van der Waals surface area contributed by atoms with Crippen LogP contribution in [0.3, 0.4) is 0 Å². The molecule has 1 aliphatic heterocycles. The summed E-state index contributed by atoms with van der Waals surface area (Å²) in [6, 6.07) is 0.443. The van der Waals surface area contributed by atoms with Crippen LogP contribution in [-0.4, -0.2) is 65.3 Å². The molecule has 4 nitrogen and oxygen atoms in total. The molecule has 1 fully saturated rings. The second kappa shape index (κ2) is 6.37. The number of aliphatic hydroxyl groups is 1. The average molecular weight is 231 g/mol. The molecule has 0 spiro atoms. The molecular formula is C10H21N3OS. The van der Waals surface area contributed by atoms with Crippen LogP contribution in [0, 0.1) is 0 Å². The smallest absolute Gasteiger partial charge is 0.0742 e. The van der Waals surface area contributed by atoms with E-state index in [-0.39, 0.29) is 6.61 Å². The van der Waals surface area contributed by atoms with Gasteiger partial charge in [-0.1, -0.05) is 12.2 Å². The van der Waals surface area contributed by atoms with E-state index in [1.165, 1.54) is 0 Å². The summed E-state index contributed by atoms with van der Waals surface area (Å²) in [5.74, 6) is 0. The number of hydrogen-bond donors (Lipinski definition) is 2. The Balaban J connectivity index is 2.27. The van der Waals surface area contributed by atoms with E-state index in [4.69, 9.17) is 23.1 Å². The van der Waals surface area contributed by atoms with Gasteiger partial charge in [-0.05, 0) is 6.92 Å². The van der Waals surface area contributed by atoms with Crippen molar-refractivity contribution >= 4 is 17.2 Å². The Morgan fingerprint density at radius 3 is 2.47 bits per heavy atom. The molecule has 0 aromatic carbocycles. The van der Waals surface area contributed by atoms with Crippen LogP contribution >= 0.6 is 12.2 Å². The van der Waals surface area contributed by atoms with Crippen molar-refractivity contribution in [1.29, 1.82) is 0 Å². The summed E-state index contributed by atoms with van der Waals surface area (Å²) < 4.78 is 0. The van der Waals surface area contributed by atoms with E-state index in [9.17, 15) is 0 Å². The standard InChI is InChI=1S/C10H21N3OS/c1-9(8-10(11)15)13-4-2-12(3-5-13)6-7-14/h9,14H,2-8H2,1H3,(H2,11,15). The second-order valence-electron chi connectivity index (χ2n) is 4.12. The largest absolute Gasteiger partial charge is 0.395 e. The lowest BCUT2D eigenvalue weighted by atomic mass is 10.1. The van der Waals surface area contributed by atoms with Gasteiger partial charge in [-0.15, -0.1) is 0 Å². The predicted octanol–water partition coefficient (Wildman–Crippen LogP) is -0.339. The fourth-order valence-electron chi connectivity index (χ4n) is 1.99. The minimum Gasteiger partial charge on any atom is -0.395 e. The van der Waals surface area contributed by atoms with Gasteiger partial charge in [-0.3, -0.25) is 9.80 Å². The minimum atomic E-state index is 0.252. The van der Waals surface area contributed by atoms with Crippen molar-refractivity contribution in [1.82, 2.24) is 9.80 Å². The number of piperazine rings is 1. The molecule has 1 atom stereocenters. The first-order valence-electron chi connectivity index (χ1n) is 5.49. The van der Waals surface area contributed by atoms with Crippen LogP contribution in [0.1, 0.15) is 13.3 Å². The maximum atomic E-state index is 8.82. The van der Waals surface area contributed by atoms with Crippen LogP contribution in [0.4, 0.5) is 0 Å². The highest BCUT2D eigenvalue weighted by atomic mass is 32.1. The Kier molecular flexibility index (Phi) is 5.45. The summed E-state index contributed by atoms with van der Waals surface area (Å²) in [4.78, 5) is 5.29. The molecule has 1 unspecified atom stereocenters. The van der Waals surface area contributed by atoms with Crippen LogP contribution in [0.5, 0.6) is 0 Å². The number of nitrogens with two attached hydrogens (primary N) is 1. The van der Waals surface area contributed by atoms with Gasteiger partial charge in [-0.2, -0.15) is 0 Å². The van der Waals surface area contributed by atoms with Gasteiger partial charge in [0.1, 0.15) is 0 Å². The van der Waals surface area contributed by atoms with Crippen molar-refractivity contribution in [2.45, 2.75) is 19.4 Å². The molecule has 0 radical (unpaired) electrons. The highest BCUT2D eigenvalue weighted by Gasteiger charge is 2.20. The molecule has 1 aliphatic rings. The van der Waals surface area contributed by atoms with E-state index in [1.54, 1.807) is 0 Å². The van der Waals surface area contributed by atoms with Crippen molar-refractivity contribution in [3.8, 4) is 0 Å². The molecule has 0 aliphatic carbocycles. The Hall–Kier alpha value is -0.230. The number of hydrogen-bond acceptors (Lipinski definition) is 4. The number of β-amino-alcohol motifs (C(OH)–C–C–N with tert-alkyl or cyclic N) is 1. The van der Waals surface area contributed by atoms with Gasteiger partial charge < -0.3 is 10.8 Å². The van der Waals surface area contributed by atoms with E-state index < -0.39 is 0 Å². The van der Waals surface area contributed by atoms with Gasteiger partial charge in [0, 0.05) is 45.2 Å². The summed E-state index contributed by atoms with van der Waals surface area (Å²) >= 11 is 4.91. The van der Waals surface area contributed by atoms with Gasteiger partial charge in [-0.25, -0.2) is 0 Å². The van der Waals surface area contributed by atoms with Crippen molar-refractivity contribution < 1.29 is 5.11 Å². The van der Waals surface area contributed by atoms with Crippen LogP contribution in [0.15, 0.2) is 0 Å². The molecule has 3 N–H and O–H groups in total.